The van der Waals surface area contributed by atoms with Crippen LogP contribution in [0.4, 0.5) is 0 Å². The summed E-state index contributed by atoms with van der Waals surface area (Å²) in [7, 11) is 0. The van der Waals surface area contributed by atoms with E-state index in [0.717, 1.165) is 11.2 Å². The van der Waals surface area contributed by atoms with Crippen molar-refractivity contribution in [2.75, 3.05) is 0 Å². The van der Waals surface area contributed by atoms with Gasteiger partial charge in [-0.25, -0.2) is 0 Å². The van der Waals surface area contributed by atoms with E-state index in [0.29, 0.717) is 0 Å². The molecule has 0 saturated heterocycles. The fourth-order valence-electron chi connectivity index (χ4n) is 2.01. The predicted octanol–water partition coefficient (Wildman–Crippen LogP) is 5.63. The molecule has 0 radical (unpaired) electrons. The zero-order valence-electron chi connectivity index (χ0n) is 10.6. The van der Waals surface area contributed by atoms with Gasteiger partial charge < -0.3 is 0 Å². The fraction of sp³-hybridized carbons (Fsp3) is 0.133. The van der Waals surface area contributed by atoms with Crippen LogP contribution in [-0.4, -0.2) is 6.29 Å². The molecule has 0 unspecified atom stereocenters. The van der Waals surface area contributed by atoms with Crippen LogP contribution in [0.25, 0.3) is 19.5 Å². The molecule has 0 aliphatic heterocycles. The lowest BCUT2D eigenvalue weighted by Crippen LogP contribution is -1.75. The molecule has 0 spiro atoms. The highest BCUT2D eigenvalue weighted by molar-refractivity contribution is 7.26. The normalized spacial score (nSPS) is 10.8. The van der Waals surface area contributed by atoms with Crippen molar-refractivity contribution in [1.82, 2.24) is 0 Å². The quantitative estimate of drug-likeness (QED) is 0.573. The second kappa shape index (κ2) is 5.04. The maximum Gasteiger partial charge on any atom is 0.160 e. The van der Waals surface area contributed by atoms with Crippen molar-refractivity contribution in [3.05, 3.63) is 45.6 Å². The van der Waals surface area contributed by atoms with Crippen molar-refractivity contribution in [3.8, 4) is 19.5 Å². The number of carbonyl (C=O) groups excluding carboxylic acids is 1. The molecule has 0 bridgehead atoms. The highest BCUT2D eigenvalue weighted by Gasteiger charge is 2.16. The number of thiophene rings is 3. The van der Waals surface area contributed by atoms with Gasteiger partial charge in [0, 0.05) is 19.5 Å². The summed E-state index contributed by atoms with van der Waals surface area (Å²) in [6.45, 7) is 4.34. The molecular weight excluding hydrogens is 292 g/mol. The summed E-state index contributed by atoms with van der Waals surface area (Å²) in [6.07, 6.45) is 0.921. The molecule has 3 aromatic rings. The summed E-state index contributed by atoms with van der Waals surface area (Å²) in [4.78, 5) is 16.8. The Morgan fingerprint density at radius 2 is 1.68 bits per heavy atom. The molecule has 0 N–H and O–H groups in total. The highest BCUT2D eigenvalue weighted by Crippen LogP contribution is 2.44. The first-order valence-electron chi connectivity index (χ1n) is 5.90. The van der Waals surface area contributed by atoms with E-state index in [1.807, 2.05) is 23.5 Å². The van der Waals surface area contributed by atoms with Crippen LogP contribution in [0.1, 0.15) is 20.8 Å². The first-order chi connectivity index (χ1) is 9.20. The standard InChI is InChI=1S/C15H12OS3/c1-9-10(2)15(13-6-5-11(8-16)18-13)19-14(9)12-4-3-7-17-12/h3-8H,1-2H3. The Morgan fingerprint density at radius 3 is 2.26 bits per heavy atom. The molecular formula is C15H12OS3. The number of aldehydes is 1. The van der Waals surface area contributed by atoms with Crippen LogP contribution in [0.3, 0.4) is 0 Å². The van der Waals surface area contributed by atoms with Crippen LogP contribution in [-0.2, 0) is 0 Å². The van der Waals surface area contributed by atoms with Crippen LogP contribution < -0.4 is 0 Å². The second-order valence-electron chi connectivity index (χ2n) is 4.31. The summed E-state index contributed by atoms with van der Waals surface area (Å²) in [5.74, 6) is 0. The van der Waals surface area contributed by atoms with Crippen molar-refractivity contribution < 1.29 is 4.79 Å². The summed E-state index contributed by atoms with van der Waals surface area (Å²) < 4.78 is 0. The van der Waals surface area contributed by atoms with Gasteiger partial charge in [0.1, 0.15) is 0 Å². The van der Waals surface area contributed by atoms with Gasteiger partial charge in [-0.05, 0) is 48.6 Å². The number of rotatable bonds is 3. The Hall–Kier alpha value is -1.23. The highest BCUT2D eigenvalue weighted by atomic mass is 32.1. The minimum Gasteiger partial charge on any atom is -0.297 e. The Kier molecular flexibility index (Phi) is 3.39. The topological polar surface area (TPSA) is 17.1 Å². The molecule has 96 valence electrons. The van der Waals surface area contributed by atoms with Gasteiger partial charge in [-0.1, -0.05) is 6.07 Å². The van der Waals surface area contributed by atoms with Crippen molar-refractivity contribution >= 4 is 40.3 Å². The van der Waals surface area contributed by atoms with Gasteiger partial charge in [-0.3, -0.25) is 4.79 Å². The number of hydrogen-bond acceptors (Lipinski definition) is 4. The average molecular weight is 304 g/mol. The lowest BCUT2D eigenvalue weighted by Gasteiger charge is -1.95. The first-order valence-corrected chi connectivity index (χ1v) is 8.41. The van der Waals surface area contributed by atoms with Gasteiger partial charge >= 0.3 is 0 Å². The molecule has 19 heavy (non-hydrogen) atoms. The molecule has 0 aliphatic carbocycles. The third-order valence-corrected chi connectivity index (χ3v) is 6.79. The van der Waals surface area contributed by atoms with E-state index in [1.54, 1.807) is 22.7 Å². The Labute approximate surface area is 124 Å². The number of hydrogen-bond donors (Lipinski definition) is 0. The lowest BCUT2D eigenvalue weighted by molar-refractivity contribution is 0.112. The van der Waals surface area contributed by atoms with Gasteiger partial charge in [-0.2, -0.15) is 0 Å². The summed E-state index contributed by atoms with van der Waals surface area (Å²) in [5.41, 5.74) is 2.68. The minimum atomic E-state index is 0.790. The molecule has 0 aliphatic rings. The van der Waals surface area contributed by atoms with Crippen LogP contribution in [0.15, 0.2) is 29.6 Å². The fourth-order valence-corrected chi connectivity index (χ4v) is 5.23. The Bertz CT molecular complexity index is 717. The van der Waals surface area contributed by atoms with E-state index < -0.39 is 0 Å². The molecule has 0 amide bonds. The zero-order valence-corrected chi connectivity index (χ0v) is 13.0. The summed E-state index contributed by atoms with van der Waals surface area (Å²) in [5, 5.41) is 2.11. The molecule has 0 atom stereocenters. The third-order valence-electron chi connectivity index (χ3n) is 3.16. The van der Waals surface area contributed by atoms with E-state index in [1.165, 1.54) is 30.6 Å². The van der Waals surface area contributed by atoms with Crippen molar-refractivity contribution in [1.29, 1.82) is 0 Å². The molecule has 4 heteroatoms. The summed E-state index contributed by atoms with van der Waals surface area (Å²) in [6, 6.07) is 8.19. The molecule has 3 aromatic heterocycles. The second-order valence-corrected chi connectivity index (χ2v) is 7.39. The van der Waals surface area contributed by atoms with Gasteiger partial charge in [0.2, 0.25) is 0 Å². The van der Waals surface area contributed by atoms with Gasteiger partial charge in [0.05, 0.1) is 4.88 Å². The maximum atomic E-state index is 10.8. The first kappa shape index (κ1) is 12.8. The molecule has 3 rings (SSSR count). The van der Waals surface area contributed by atoms with Crippen molar-refractivity contribution in [2.24, 2.45) is 0 Å². The van der Waals surface area contributed by atoms with E-state index in [4.69, 9.17) is 0 Å². The Balaban J connectivity index is 2.13. The van der Waals surface area contributed by atoms with E-state index >= 15 is 0 Å². The third kappa shape index (κ3) is 2.20. The molecule has 1 nitrogen and oxygen atoms in total. The monoisotopic (exact) mass is 304 g/mol. The van der Waals surface area contributed by atoms with Gasteiger partial charge in [-0.15, -0.1) is 34.0 Å². The largest absolute Gasteiger partial charge is 0.297 e. The van der Waals surface area contributed by atoms with Crippen LogP contribution in [0.5, 0.6) is 0 Å². The van der Waals surface area contributed by atoms with E-state index in [2.05, 4.69) is 31.4 Å². The van der Waals surface area contributed by atoms with Gasteiger partial charge in [0.25, 0.3) is 0 Å². The average Bonchev–Trinajstić information content (AvgIpc) is 3.12. The van der Waals surface area contributed by atoms with Crippen molar-refractivity contribution in [3.63, 3.8) is 0 Å². The van der Waals surface area contributed by atoms with E-state index in [-0.39, 0.29) is 0 Å². The molecule has 0 fully saturated rings. The minimum absolute atomic E-state index is 0.790. The Morgan fingerprint density at radius 1 is 0.947 bits per heavy atom. The van der Waals surface area contributed by atoms with Gasteiger partial charge in [0.15, 0.2) is 6.29 Å². The maximum absolute atomic E-state index is 10.8. The zero-order chi connectivity index (χ0) is 13.4. The predicted molar refractivity (Wildman–Crippen MR) is 85.8 cm³/mol. The summed E-state index contributed by atoms with van der Waals surface area (Å²) >= 11 is 5.17. The molecule has 3 heterocycles. The molecule has 0 aromatic carbocycles. The number of carbonyl (C=O) groups is 1. The van der Waals surface area contributed by atoms with Crippen LogP contribution in [0, 0.1) is 13.8 Å². The van der Waals surface area contributed by atoms with Crippen LogP contribution in [0.2, 0.25) is 0 Å². The SMILES string of the molecule is Cc1c(-c2cccs2)sc(-c2ccc(C=O)s2)c1C. The van der Waals surface area contributed by atoms with Crippen LogP contribution >= 0.6 is 34.0 Å². The molecule has 0 saturated carbocycles. The smallest absolute Gasteiger partial charge is 0.160 e. The van der Waals surface area contributed by atoms with Crippen molar-refractivity contribution in [2.45, 2.75) is 13.8 Å². The van der Waals surface area contributed by atoms with E-state index in [9.17, 15) is 4.79 Å². The lowest BCUT2D eigenvalue weighted by atomic mass is 10.1.